The van der Waals surface area contributed by atoms with E-state index in [2.05, 4.69) is 0 Å². The summed E-state index contributed by atoms with van der Waals surface area (Å²) in [4.78, 5) is 24.3. The van der Waals surface area contributed by atoms with Crippen LogP contribution in [0.2, 0.25) is 0 Å². The molecule has 0 unspecified atom stereocenters. The van der Waals surface area contributed by atoms with Gasteiger partial charge in [-0.3, -0.25) is 4.79 Å². The Bertz CT molecular complexity index is 486. The number of anilines is 1. The number of nitrogens with zero attached hydrogens (tertiary/aromatic N) is 1. The summed E-state index contributed by atoms with van der Waals surface area (Å²) in [6.07, 6.45) is 0.933. The number of phenolic OH excluding ortho intramolecular Hbond substituents is 2. The summed E-state index contributed by atoms with van der Waals surface area (Å²) in [5, 5.41) is 18.8. The molecule has 0 spiro atoms. The molecule has 0 saturated heterocycles. The molecule has 0 bridgehead atoms. The molecule has 0 saturated carbocycles. The normalized spacial score (nSPS) is 12.0. The third-order valence-electron chi connectivity index (χ3n) is 2.87. The minimum atomic E-state index is -0.776. The van der Waals surface area contributed by atoms with Crippen LogP contribution in [-0.4, -0.2) is 35.7 Å². The lowest BCUT2D eigenvalue weighted by Crippen LogP contribution is -2.42. The second-order valence-corrected chi connectivity index (χ2v) is 4.85. The minimum Gasteiger partial charge on any atom is -0.504 e. The summed E-state index contributed by atoms with van der Waals surface area (Å²) < 4.78 is 4.72. The van der Waals surface area contributed by atoms with Gasteiger partial charge in [-0.05, 0) is 24.5 Å². The van der Waals surface area contributed by atoms with Crippen LogP contribution < -0.4 is 4.90 Å². The highest BCUT2D eigenvalue weighted by Gasteiger charge is 2.28. The van der Waals surface area contributed by atoms with Crippen molar-refractivity contribution in [2.24, 2.45) is 5.92 Å². The molecule has 0 aromatic heterocycles. The Labute approximate surface area is 117 Å². The SMILES string of the molecule is COC(=O)[C@H](CC(C)C)N(C=O)c1ccc(O)c(O)c1. The molecule has 1 atom stereocenters. The van der Waals surface area contributed by atoms with E-state index in [1.54, 1.807) is 0 Å². The van der Waals surface area contributed by atoms with Gasteiger partial charge in [-0.25, -0.2) is 4.79 Å². The molecule has 0 aliphatic carbocycles. The molecular weight excluding hydrogens is 262 g/mol. The van der Waals surface area contributed by atoms with Crippen LogP contribution in [0.3, 0.4) is 0 Å². The fourth-order valence-corrected chi connectivity index (χ4v) is 1.89. The fraction of sp³-hybridized carbons (Fsp3) is 0.429. The Kier molecular flexibility index (Phi) is 5.37. The summed E-state index contributed by atoms with van der Waals surface area (Å²) >= 11 is 0. The second-order valence-electron chi connectivity index (χ2n) is 4.85. The number of carbonyl (C=O) groups excluding carboxylic acids is 2. The molecule has 0 radical (unpaired) electrons. The highest BCUT2D eigenvalue weighted by Crippen LogP contribution is 2.30. The number of hydrogen-bond donors (Lipinski definition) is 2. The molecule has 20 heavy (non-hydrogen) atoms. The Hall–Kier alpha value is -2.24. The van der Waals surface area contributed by atoms with Crippen molar-refractivity contribution in [1.29, 1.82) is 0 Å². The number of aromatic hydroxyl groups is 2. The molecule has 1 aromatic rings. The number of amides is 1. The molecule has 1 aromatic carbocycles. The van der Waals surface area contributed by atoms with Gasteiger partial charge in [-0.1, -0.05) is 13.8 Å². The lowest BCUT2D eigenvalue weighted by Gasteiger charge is -2.27. The van der Waals surface area contributed by atoms with Crippen molar-refractivity contribution >= 4 is 18.1 Å². The van der Waals surface area contributed by atoms with Crippen LogP contribution in [0.15, 0.2) is 18.2 Å². The maximum Gasteiger partial charge on any atom is 0.328 e. The monoisotopic (exact) mass is 281 g/mol. The molecule has 2 N–H and O–H groups in total. The number of methoxy groups -OCH3 is 1. The van der Waals surface area contributed by atoms with Gasteiger partial charge in [-0.2, -0.15) is 0 Å². The molecule has 6 nitrogen and oxygen atoms in total. The topological polar surface area (TPSA) is 87.1 Å². The van der Waals surface area contributed by atoms with Crippen LogP contribution >= 0.6 is 0 Å². The first-order chi connectivity index (χ1) is 9.40. The summed E-state index contributed by atoms with van der Waals surface area (Å²) in [6.45, 7) is 3.85. The van der Waals surface area contributed by atoms with Crippen molar-refractivity contribution in [2.45, 2.75) is 26.3 Å². The maximum atomic E-state index is 11.8. The predicted octanol–water partition coefficient (Wildman–Crippen LogP) is 1.65. The zero-order valence-corrected chi connectivity index (χ0v) is 11.7. The molecule has 0 fully saturated rings. The van der Waals surface area contributed by atoms with Gasteiger partial charge in [-0.15, -0.1) is 0 Å². The average Bonchev–Trinajstić information content (AvgIpc) is 2.41. The second kappa shape index (κ2) is 6.79. The van der Waals surface area contributed by atoms with Crippen LogP contribution in [0.25, 0.3) is 0 Å². The van der Waals surface area contributed by atoms with Crippen molar-refractivity contribution in [2.75, 3.05) is 12.0 Å². The van der Waals surface area contributed by atoms with E-state index in [4.69, 9.17) is 4.74 Å². The highest BCUT2D eigenvalue weighted by atomic mass is 16.5. The standard InChI is InChI=1S/C14H19NO5/c1-9(2)6-11(14(19)20-3)15(8-16)10-4-5-12(17)13(18)7-10/h4-5,7-9,11,17-18H,6H2,1-3H3/t11-/m0/s1. The first-order valence-electron chi connectivity index (χ1n) is 6.24. The molecule has 0 aliphatic rings. The first-order valence-corrected chi connectivity index (χ1v) is 6.24. The quantitative estimate of drug-likeness (QED) is 0.470. The van der Waals surface area contributed by atoms with Gasteiger partial charge in [0.1, 0.15) is 6.04 Å². The molecule has 110 valence electrons. The van der Waals surface area contributed by atoms with Gasteiger partial charge in [0.25, 0.3) is 0 Å². The molecule has 1 amide bonds. The van der Waals surface area contributed by atoms with E-state index in [0.717, 1.165) is 0 Å². The number of phenols is 2. The molecule has 0 aliphatic heterocycles. The third kappa shape index (κ3) is 3.63. The lowest BCUT2D eigenvalue weighted by molar-refractivity contribution is -0.143. The van der Waals surface area contributed by atoms with Crippen molar-refractivity contribution < 1.29 is 24.5 Å². The highest BCUT2D eigenvalue weighted by molar-refractivity contribution is 5.89. The summed E-state index contributed by atoms with van der Waals surface area (Å²) in [5.74, 6) is -1.01. The van der Waals surface area contributed by atoms with Crippen LogP contribution in [0.1, 0.15) is 20.3 Å². The summed E-state index contributed by atoms with van der Waals surface area (Å²) in [6, 6.07) is 3.14. The number of rotatable bonds is 6. The van der Waals surface area contributed by atoms with Gasteiger partial charge < -0.3 is 19.8 Å². The Morgan fingerprint density at radius 3 is 2.45 bits per heavy atom. The van der Waals surface area contributed by atoms with Crippen LogP contribution in [-0.2, 0) is 14.3 Å². The van der Waals surface area contributed by atoms with E-state index in [-0.39, 0.29) is 17.4 Å². The van der Waals surface area contributed by atoms with Gasteiger partial charge in [0.05, 0.1) is 7.11 Å². The Balaban J connectivity index is 3.14. The van der Waals surface area contributed by atoms with Gasteiger partial charge in [0.2, 0.25) is 6.41 Å². The van der Waals surface area contributed by atoms with Crippen molar-refractivity contribution in [1.82, 2.24) is 0 Å². The number of ether oxygens (including phenoxy) is 1. The average molecular weight is 281 g/mol. The van der Waals surface area contributed by atoms with E-state index in [1.165, 1.54) is 30.2 Å². The largest absolute Gasteiger partial charge is 0.504 e. The van der Waals surface area contributed by atoms with Gasteiger partial charge in [0.15, 0.2) is 11.5 Å². The molecular formula is C14H19NO5. The Morgan fingerprint density at radius 2 is 2.00 bits per heavy atom. The summed E-state index contributed by atoms with van der Waals surface area (Å²) in [7, 11) is 1.26. The molecule has 1 rings (SSSR count). The van der Waals surface area contributed by atoms with Crippen molar-refractivity contribution in [3.05, 3.63) is 18.2 Å². The van der Waals surface area contributed by atoms with Crippen LogP contribution in [0, 0.1) is 5.92 Å². The maximum absolute atomic E-state index is 11.8. The number of carbonyl (C=O) groups is 2. The number of esters is 1. The van der Waals surface area contributed by atoms with Gasteiger partial charge in [0, 0.05) is 11.8 Å². The Morgan fingerprint density at radius 1 is 1.35 bits per heavy atom. The minimum absolute atomic E-state index is 0.173. The lowest BCUT2D eigenvalue weighted by atomic mass is 10.0. The number of hydrogen-bond acceptors (Lipinski definition) is 5. The smallest absolute Gasteiger partial charge is 0.328 e. The first kappa shape index (κ1) is 15.8. The van der Waals surface area contributed by atoms with E-state index in [1.807, 2.05) is 13.8 Å². The fourth-order valence-electron chi connectivity index (χ4n) is 1.89. The molecule has 6 heteroatoms. The van der Waals surface area contributed by atoms with Crippen molar-refractivity contribution in [3.8, 4) is 11.5 Å². The van der Waals surface area contributed by atoms with Gasteiger partial charge >= 0.3 is 5.97 Å². The zero-order chi connectivity index (χ0) is 15.3. The molecule has 0 heterocycles. The zero-order valence-electron chi connectivity index (χ0n) is 11.7. The van der Waals surface area contributed by atoms with Crippen LogP contribution in [0.5, 0.6) is 11.5 Å². The third-order valence-corrected chi connectivity index (χ3v) is 2.87. The van der Waals surface area contributed by atoms with E-state index < -0.39 is 12.0 Å². The van der Waals surface area contributed by atoms with E-state index in [0.29, 0.717) is 18.5 Å². The van der Waals surface area contributed by atoms with E-state index in [9.17, 15) is 19.8 Å². The van der Waals surface area contributed by atoms with Crippen LogP contribution in [0.4, 0.5) is 5.69 Å². The van der Waals surface area contributed by atoms with Crippen molar-refractivity contribution in [3.63, 3.8) is 0 Å². The predicted molar refractivity (Wildman–Crippen MR) is 73.6 cm³/mol. The van der Waals surface area contributed by atoms with E-state index >= 15 is 0 Å². The summed E-state index contributed by atoms with van der Waals surface area (Å²) in [5.41, 5.74) is 0.311. The number of benzene rings is 1.